The number of piperazine rings is 1. The second kappa shape index (κ2) is 7.93. The molecule has 1 heterocycles. The molecule has 1 saturated heterocycles. The van der Waals surface area contributed by atoms with Crippen molar-refractivity contribution in [2.75, 3.05) is 26.2 Å². The average molecular weight is 307 g/mol. The molecule has 3 rings (SSSR count). The predicted octanol–water partition coefficient (Wildman–Crippen LogP) is 3.40. The number of aryl methyl sites for hydroxylation is 1. The summed E-state index contributed by atoms with van der Waals surface area (Å²) < 4.78 is 0. The highest BCUT2D eigenvalue weighted by molar-refractivity contribution is 5.79. The minimum Gasteiger partial charge on any atom is -0.295 e. The Kier molecular flexibility index (Phi) is 5.43. The van der Waals surface area contributed by atoms with Crippen molar-refractivity contribution in [2.24, 2.45) is 5.10 Å². The van der Waals surface area contributed by atoms with Crippen LogP contribution in [0.25, 0.3) is 0 Å². The maximum Gasteiger partial charge on any atom is 0.0542 e. The van der Waals surface area contributed by atoms with Crippen LogP contribution in [-0.2, 0) is 13.0 Å². The molecule has 1 fully saturated rings. The van der Waals surface area contributed by atoms with Crippen LogP contribution >= 0.6 is 0 Å². The number of hydrogen-bond donors (Lipinski definition) is 0. The third kappa shape index (κ3) is 4.67. The van der Waals surface area contributed by atoms with E-state index in [0.29, 0.717) is 0 Å². The second-order valence-electron chi connectivity index (χ2n) is 6.06. The van der Waals surface area contributed by atoms with Gasteiger partial charge in [-0.05, 0) is 23.1 Å². The van der Waals surface area contributed by atoms with Crippen LogP contribution in [0.4, 0.5) is 0 Å². The maximum absolute atomic E-state index is 4.63. The van der Waals surface area contributed by atoms with Crippen molar-refractivity contribution in [2.45, 2.75) is 19.9 Å². The van der Waals surface area contributed by atoms with Gasteiger partial charge in [0.05, 0.1) is 6.21 Å². The van der Waals surface area contributed by atoms with Gasteiger partial charge in [0.25, 0.3) is 0 Å². The fraction of sp³-hybridized carbons (Fsp3) is 0.350. The number of hydrazone groups is 1. The summed E-state index contributed by atoms with van der Waals surface area (Å²) in [5, 5.41) is 6.81. The van der Waals surface area contributed by atoms with Crippen LogP contribution in [-0.4, -0.2) is 42.3 Å². The van der Waals surface area contributed by atoms with E-state index in [1.165, 1.54) is 16.7 Å². The Morgan fingerprint density at radius 1 is 0.870 bits per heavy atom. The first-order valence-corrected chi connectivity index (χ1v) is 8.47. The van der Waals surface area contributed by atoms with Gasteiger partial charge in [0, 0.05) is 32.7 Å². The molecule has 0 atom stereocenters. The molecular formula is C20H25N3. The van der Waals surface area contributed by atoms with Crippen molar-refractivity contribution >= 4 is 6.21 Å². The molecule has 120 valence electrons. The third-order valence-electron chi connectivity index (χ3n) is 4.36. The molecule has 0 aliphatic carbocycles. The van der Waals surface area contributed by atoms with Crippen molar-refractivity contribution in [1.29, 1.82) is 0 Å². The zero-order valence-corrected chi connectivity index (χ0v) is 13.9. The lowest BCUT2D eigenvalue weighted by molar-refractivity contribution is 0.131. The third-order valence-corrected chi connectivity index (χ3v) is 4.36. The van der Waals surface area contributed by atoms with Gasteiger partial charge in [-0.2, -0.15) is 5.10 Å². The molecule has 0 amide bonds. The van der Waals surface area contributed by atoms with Crippen LogP contribution in [0.2, 0.25) is 0 Å². The molecule has 3 nitrogen and oxygen atoms in total. The van der Waals surface area contributed by atoms with Crippen LogP contribution in [0.1, 0.15) is 23.6 Å². The fourth-order valence-corrected chi connectivity index (χ4v) is 2.84. The molecular weight excluding hydrogens is 282 g/mol. The molecule has 2 aromatic carbocycles. The standard InChI is InChI=1S/C20H25N3/c1-2-18-8-10-19(11-9-18)16-21-23-14-12-22(13-15-23)17-20-6-4-3-5-7-20/h3-11,16H,2,12-15,17H2,1H3/b21-16-. The highest BCUT2D eigenvalue weighted by Crippen LogP contribution is 2.09. The van der Waals surface area contributed by atoms with Crippen LogP contribution in [0, 0.1) is 0 Å². The van der Waals surface area contributed by atoms with Gasteiger partial charge in [-0.3, -0.25) is 9.91 Å². The molecule has 2 aromatic rings. The molecule has 23 heavy (non-hydrogen) atoms. The van der Waals surface area contributed by atoms with Gasteiger partial charge in [-0.15, -0.1) is 0 Å². The molecule has 0 aromatic heterocycles. The molecule has 0 bridgehead atoms. The minimum atomic E-state index is 0.996. The van der Waals surface area contributed by atoms with E-state index < -0.39 is 0 Å². The summed E-state index contributed by atoms with van der Waals surface area (Å²) >= 11 is 0. The van der Waals surface area contributed by atoms with Crippen molar-refractivity contribution in [3.8, 4) is 0 Å². The van der Waals surface area contributed by atoms with E-state index in [1.807, 2.05) is 6.21 Å². The monoisotopic (exact) mass is 307 g/mol. The van der Waals surface area contributed by atoms with Gasteiger partial charge >= 0.3 is 0 Å². The maximum atomic E-state index is 4.63. The molecule has 0 radical (unpaired) electrons. The van der Waals surface area contributed by atoms with Crippen LogP contribution < -0.4 is 0 Å². The smallest absolute Gasteiger partial charge is 0.0542 e. The average Bonchev–Trinajstić information content (AvgIpc) is 2.62. The first-order valence-electron chi connectivity index (χ1n) is 8.47. The summed E-state index contributed by atoms with van der Waals surface area (Å²) in [4.78, 5) is 2.50. The number of rotatable bonds is 5. The Balaban J connectivity index is 1.47. The van der Waals surface area contributed by atoms with E-state index in [1.54, 1.807) is 0 Å². The predicted molar refractivity (Wildman–Crippen MR) is 96.7 cm³/mol. The quantitative estimate of drug-likeness (QED) is 0.788. The molecule has 3 heteroatoms. The molecule has 0 saturated carbocycles. The Bertz CT molecular complexity index is 611. The summed E-state index contributed by atoms with van der Waals surface area (Å²) in [5.74, 6) is 0. The minimum absolute atomic E-state index is 0.996. The number of benzene rings is 2. The number of hydrogen-bond acceptors (Lipinski definition) is 3. The van der Waals surface area contributed by atoms with E-state index in [2.05, 4.69) is 76.5 Å². The Morgan fingerprint density at radius 2 is 1.57 bits per heavy atom. The summed E-state index contributed by atoms with van der Waals surface area (Å²) in [6, 6.07) is 19.3. The molecule has 1 aliphatic rings. The van der Waals surface area contributed by atoms with Gasteiger partial charge in [0.15, 0.2) is 0 Å². The van der Waals surface area contributed by atoms with E-state index >= 15 is 0 Å². The van der Waals surface area contributed by atoms with Crippen LogP contribution in [0.5, 0.6) is 0 Å². The van der Waals surface area contributed by atoms with Crippen molar-refractivity contribution in [3.63, 3.8) is 0 Å². The van der Waals surface area contributed by atoms with Crippen LogP contribution in [0.3, 0.4) is 0 Å². The lowest BCUT2D eigenvalue weighted by atomic mass is 10.1. The lowest BCUT2D eigenvalue weighted by Crippen LogP contribution is -2.43. The topological polar surface area (TPSA) is 18.8 Å². The van der Waals surface area contributed by atoms with E-state index in [4.69, 9.17) is 0 Å². The Labute approximate surface area is 139 Å². The zero-order chi connectivity index (χ0) is 15.9. The summed E-state index contributed by atoms with van der Waals surface area (Å²) in [6.45, 7) is 7.35. The SMILES string of the molecule is CCc1ccc(/C=N\N2CCN(Cc3ccccc3)CC2)cc1. The largest absolute Gasteiger partial charge is 0.295 e. The molecule has 0 unspecified atom stereocenters. The van der Waals surface area contributed by atoms with Gasteiger partial charge in [0.2, 0.25) is 0 Å². The molecule has 0 spiro atoms. The highest BCUT2D eigenvalue weighted by Gasteiger charge is 2.15. The Morgan fingerprint density at radius 3 is 2.22 bits per heavy atom. The lowest BCUT2D eigenvalue weighted by Gasteiger charge is -2.33. The fourth-order valence-electron chi connectivity index (χ4n) is 2.84. The van der Waals surface area contributed by atoms with E-state index in [-0.39, 0.29) is 0 Å². The van der Waals surface area contributed by atoms with Gasteiger partial charge in [-0.25, -0.2) is 0 Å². The molecule has 0 N–H and O–H groups in total. The summed E-state index contributed by atoms with van der Waals surface area (Å²) in [5.41, 5.74) is 3.94. The van der Waals surface area contributed by atoms with Gasteiger partial charge in [-0.1, -0.05) is 61.5 Å². The first-order chi connectivity index (χ1) is 11.3. The summed E-state index contributed by atoms with van der Waals surface area (Å²) in [6.07, 6.45) is 3.06. The normalized spacial score (nSPS) is 16.1. The summed E-state index contributed by atoms with van der Waals surface area (Å²) in [7, 11) is 0. The first kappa shape index (κ1) is 15.8. The zero-order valence-electron chi connectivity index (χ0n) is 13.9. The van der Waals surface area contributed by atoms with Crippen LogP contribution in [0.15, 0.2) is 59.7 Å². The van der Waals surface area contributed by atoms with Gasteiger partial charge < -0.3 is 0 Å². The van der Waals surface area contributed by atoms with E-state index in [0.717, 1.165) is 39.1 Å². The highest BCUT2D eigenvalue weighted by atomic mass is 15.5. The van der Waals surface area contributed by atoms with Gasteiger partial charge in [0.1, 0.15) is 0 Å². The second-order valence-corrected chi connectivity index (χ2v) is 6.06. The van der Waals surface area contributed by atoms with Crippen molar-refractivity contribution in [1.82, 2.24) is 9.91 Å². The molecule has 1 aliphatic heterocycles. The Hall–Kier alpha value is -2.13. The van der Waals surface area contributed by atoms with E-state index in [9.17, 15) is 0 Å². The number of nitrogens with zero attached hydrogens (tertiary/aromatic N) is 3. The van der Waals surface area contributed by atoms with Crippen molar-refractivity contribution < 1.29 is 0 Å². The van der Waals surface area contributed by atoms with Crippen molar-refractivity contribution in [3.05, 3.63) is 71.3 Å².